The molecule has 0 saturated carbocycles. The fourth-order valence-electron chi connectivity index (χ4n) is 1.21. The molecule has 2 rings (SSSR count). The van der Waals surface area contributed by atoms with E-state index in [9.17, 15) is 0 Å². The Bertz CT molecular complexity index is 480. The van der Waals surface area contributed by atoms with Crippen molar-refractivity contribution >= 4 is 27.3 Å². The average Bonchev–Trinajstić information content (AvgIpc) is 2.84. The fraction of sp³-hybridized carbons (Fsp3) is 0.400. The molecule has 6 heteroatoms. The number of hydrogen-bond donors (Lipinski definition) is 1. The minimum atomic E-state index is -0.184. The summed E-state index contributed by atoms with van der Waals surface area (Å²) >= 11 is 4.98. The second kappa shape index (κ2) is 4.65. The van der Waals surface area contributed by atoms with Crippen LogP contribution in [-0.4, -0.2) is 10.1 Å². The summed E-state index contributed by atoms with van der Waals surface area (Å²) in [7, 11) is 0. The molecule has 0 aromatic carbocycles. The molecule has 0 saturated heterocycles. The number of nitrogens with zero attached hydrogens (tertiary/aromatic N) is 2. The highest BCUT2D eigenvalue weighted by atomic mass is 79.9. The van der Waals surface area contributed by atoms with E-state index in [1.54, 1.807) is 11.3 Å². The van der Waals surface area contributed by atoms with Gasteiger partial charge in [-0.2, -0.15) is 4.98 Å². The van der Waals surface area contributed by atoms with Gasteiger partial charge in [0.2, 0.25) is 0 Å². The van der Waals surface area contributed by atoms with Crippen molar-refractivity contribution in [2.75, 3.05) is 0 Å². The summed E-state index contributed by atoms with van der Waals surface area (Å²) < 4.78 is 6.16. The van der Waals surface area contributed by atoms with E-state index in [2.05, 4.69) is 26.1 Å². The lowest BCUT2D eigenvalue weighted by molar-refractivity contribution is 0.400. The van der Waals surface area contributed by atoms with E-state index in [0.29, 0.717) is 11.7 Å². The molecule has 2 N–H and O–H groups in total. The minimum absolute atomic E-state index is 0.184. The zero-order valence-corrected chi connectivity index (χ0v) is 11.4. The van der Waals surface area contributed by atoms with Crippen LogP contribution in [0, 0.1) is 5.92 Å². The molecule has 2 aromatic heterocycles. The number of nitrogens with two attached hydrogens (primary N) is 1. The number of rotatable bonds is 3. The molecule has 0 bridgehead atoms. The number of aromatic nitrogens is 2. The molecule has 86 valence electrons. The van der Waals surface area contributed by atoms with Crippen molar-refractivity contribution in [3.8, 4) is 10.8 Å². The third kappa shape index (κ3) is 2.18. The van der Waals surface area contributed by atoms with Crippen LogP contribution in [0.25, 0.3) is 10.8 Å². The zero-order valence-electron chi connectivity index (χ0n) is 8.98. The van der Waals surface area contributed by atoms with Gasteiger partial charge < -0.3 is 10.3 Å². The third-order valence-electron chi connectivity index (χ3n) is 2.27. The van der Waals surface area contributed by atoms with E-state index in [-0.39, 0.29) is 12.0 Å². The molecule has 0 amide bonds. The van der Waals surface area contributed by atoms with Gasteiger partial charge in [0.15, 0.2) is 5.82 Å². The lowest BCUT2D eigenvalue weighted by atomic mass is 10.1. The normalized spacial score (nSPS) is 13.3. The van der Waals surface area contributed by atoms with E-state index in [1.165, 1.54) is 0 Å². The van der Waals surface area contributed by atoms with E-state index < -0.39 is 0 Å². The van der Waals surface area contributed by atoms with Crippen LogP contribution in [0.4, 0.5) is 0 Å². The van der Waals surface area contributed by atoms with Gasteiger partial charge in [0.05, 0.1) is 6.04 Å². The van der Waals surface area contributed by atoms with Gasteiger partial charge in [-0.1, -0.05) is 19.0 Å². The first-order valence-electron chi connectivity index (χ1n) is 4.92. The predicted molar refractivity (Wildman–Crippen MR) is 67.1 cm³/mol. The largest absolute Gasteiger partial charge is 0.333 e. The topological polar surface area (TPSA) is 64.9 Å². The Balaban J connectivity index is 2.30. The Morgan fingerprint density at radius 1 is 1.50 bits per heavy atom. The highest BCUT2D eigenvalue weighted by molar-refractivity contribution is 9.10. The molecule has 0 fully saturated rings. The van der Waals surface area contributed by atoms with Crippen molar-refractivity contribution < 1.29 is 4.52 Å². The molecule has 16 heavy (non-hydrogen) atoms. The molecule has 0 aliphatic heterocycles. The minimum Gasteiger partial charge on any atom is -0.333 e. The van der Waals surface area contributed by atoms with Crippen molar-refractivity contribution in [1.29, 1.82) is 0 Å². The van der Waals surface area contributed by atoms with Gasteiger partial charge in [-0.05, 0) is 33.3 Å². The van der Waals surface area contributed by atoms with Gasteiger partial charge >= 0.3 is 0 Å². The maximum Gasteiger partial charge on any atom is 0.269 e. The third-order valence-corrected chi connectivity index (χ3v) is 4.10. The summed E-state index contributed by atoms with van der Waals surface area (Å²) in [5.41, 5.74) is 5.95. The monoisotopic (exact) mass is 301 g/mol. The maximum atomic E-state index is 5.95. The van der Waals surface area contributed by atoms with Crippen LogP contribution in [0.3, 0.4) is 0 Å². The SMILES string of the molecule is CC(C)C(N)c1noc(-c2sccc2Br)n1. The summed E-state index contributed by atoms with van der Waals surface area (Å²) in [6, 6.07) is 1.77. The smallest absolute Gasteiger partial charge is 0.269 e. The standard InChI is InChI=1S/C10H12BrN3OS/c1-5(2)7(12)9-13-10(15-14-9)8-6(11)3-4-16-8/h3-5,7H,12H2,1-2H3. The number of hydrogen-bond acceptors (Lipinski definition) is 5. The van der Waals surface area contributed by atoms with Crippen LogP contribution in [0.5, 0.6) is 0 Å². The van der Waals surface area contributed by atoms with Gasteiger partial charge in [-0.3, -0.25) is 0 Å². The van der Waals surface area contributed by atoms with Crippen LogP contribution < -0.4 is 5.73 Å². The molecular weight excluding hydrogens is 290 g/mol. The van der Waals surface area contributed by atoms with Crippen LogP contribution >= 0.6 is 27.3 Å². The average molecular weight is 302 g/mol. The summed E-state index contributed by atoms with van der Waals surface area (Å²) in [4.78, 5) is 5.25. The van der Waals surface area contributed by atoms with Gasteiger partial charge in [0, 0.05) is 4.47 Å². The van der Waals surface area contributed by atoms with E-state index >= 15 is 0 Å². The Kier molecular flexibility index (Phi) is 3.41. The van der Waals surface area contributed by atoms with Crippen molar-refractivity contribution in [3.63, 3.8) is 0 Å². The van der Waals surface area contributed by atoms with E-state index in [1.807, 2.05) is 25.3 Å². The molecular formula is C10H12BrN3OS. The highest BCUT2D eigenvalue weighted by Crippen LogP contribution is 2.32. The second-order valence-corrected chi connectivity index (χ2v) is 5.60. The van der Waals surface area contributed by atoms with E-state index in [4.69, 9.17) is 10.3 Å². The maximum absolute atomic E-state index is 5.95. The van der Waals surface area contributed by atoms with Gasteiger partial charge in [-0.15, -0.1) is 11.3 Å². The quantitative estimate of drug-likeness (QED) is 0.945. The predicted octanol–water partition coefficient (Wildman–Crippen LogP) is 3.22. The lowest BCUT2D eigenvalue weighted by Crippen LogP contribution is -2.18. The van der Waals surface area contributed by atoms with Crippen molar-refractivity contribution in [2.24, 2.45) is 11.7 Å². The van der Waals surface area contributed by atoms with Crippen molar-refractivity contribution in [2.45, 2.75) is 19.9 Å². The molecule has 4 nitrogen and oxygen atoms in total. The van der Waals surface area contributed by atoms with E-state index in [0.717, 1.165) is 9.35 Å². The number of thiophene rings is 1. The summed E-state index contributed by atoms with van der Waals surface area (Å²) in [5, 5.41) is 5.87. The van der Waals surface area contributed by atoms with Gasteiger partial charge in [-0.25, -0.2) is 0 Å². The molecule has 2 aromatic rings. The second-order valence-electron chi connectivity index (χ2n) is 3.83. The zero-order chi connectivity index (χ0) is 11.7. The van der Waals surface area contributed by atoms with Crippen molar-refractivity contribution in [1.82, 2.24) is 10.1 Å². The Hall–Kier alpha value is -0.720. The summed E-state index contributed by atoms with van der Waals surface area (Å²) in [6.07, 6.45) is 0. The Morgan fingerprint density at radius 3 is 2.81 bits per heavy atom. The summed E-state index contributed by atoms with van der Waals surface area (Å²) in [5.74, 6) is 1.37. The van der Waals surface area contributed by atoms with Crippen LogP contribution in [0.1, 0.15) is 25.7 Å². The molecule has 0 aliphatic carbocycles. The van der Waals surface area contributed by atoms with Crippen LogP contribution in [-0.2, 0) is 0 Å². The van der Waals surface area contributed by atoms with Crippen molar-refractivity contribution in [3.05, 3.63) is 21.7 Å². The molecule has 1 atom stereocenters. The summed E-state index contributed by atoms with van der Waals surface area (Å²) in [6.45, 7) is 4.06. The Morgan fingerprint density at radius 2 is 2.25 bits per heavy atom. The fourth-order valence-corrected chi connectivity index (χ4v) is 2.67. The van der Waals surface area contributed by atoms with Crippen LogP contribution in [0.2, 0.25) is 0 Å². The molecule has 2 heterocycles. The van der Waals surface area contributed by atoms with Gasteiger partial charge in [0.25, 0.3) is 5.89 Å². The molecule has 0 radical (unpaired) electrons. The lowest BCUT2D eigenvalue weighted by Gasteiger charge is -2.09. The van der Waals surface area contributed by atoms with Gasteiger partial charge in [0.1, 0.15) is 4.88 Å². The molecule has 0 spiro atoms. The first-order valence-corrected chi connectivity index (χ1v) is 6.59. The first-order chi connectivity index (χ1) is 7.59. The first kappa shape index (κ1) is 11.8. The van der Waals surface area contributed by atoms with Crippen LogP contribution in [0.15, 0.2) is 20.4 Å². The number of halogens is 1. The highest BCUT2D eigenvalue weighted by Gasteiger charge is 2.19. The Labute approximate surface area is 106 Å². The molecule has 1 unspecified atom stereocenters. The molecule has 0 aliphatic rings.